The van der Waals surface area contributed by atoms with Gasteiger partial charge in [0.05, 0.1) is 0 Å². The minimum absolute atomic E-state index is 0.0596. The minimum Gasteiger partial charge on any atom is -0.313 e. The van der Waals surface area contributed by atoms with Crippen LogP contribution in [0.1, 0.15) is 18.5 Å². The van der Waals surface area contributed by atoms with Crippen LogP contribution in [0.25, 0.3) is 0 Å². The van der Waals surface area contributed by atoms with Crippen LogP contribution >= 0.6 is 11.8 Å². The van der Waals surface area contributed by atoms with E-state index in [-0.39, 0.29) is 11.9 Å². The lowest BCUT2D eigenvalue weighted by Crippen LogP contribution is -2.13. The smallest absolute Gasteiger partial charge is 0.213 e. The molecular weight excluding hydrogens is 253 g/mol. The van der Waals surface area contributed by atoms with Crippen molar-refractivity contribution in [3.8, 4) is 0 Å². The van der Waals surface area contributed by atoms with Gasteiger partial charge in [-0.3, -0.25) is 0 Å². The van der Waals surface area contributed by atoms with Crippen LogP contribution in [0, 0.1) is 5.82 Å². The fourth-order valence-corrected chi connectivity index (χ4v) is 2.44. The van der Waals surface area contributed by atoms with E-state index in [0.717, 1.165) is 10.5 Å². The molecule has 0 aliphatic rings. The summed E-state index contributed by atoms with van der Waals surface area (Å²) in [5.41, 5.74) is 0.894. The summed E-state index contributed by atoms with van der Waals surface area (Å²) < 4.78 is 14.9. The van der Waals surface area contributed by atoms with Crippen molar-refractivity contribution >= 4 is 11.8 Å². The Kier molecular flexibility index (Phi) is 3.93. The normalized spacial score (nSPS) is 12.7. The second-order valence-electron chi connectivity index (χ2n) is 3.88. The fourth-order valence-electron chi connectivity index (χ4n) is 1.51. The third-order valence-corrected chi connectivity index (χ3v) is 3.77. The topological polar surface area (TPSA) is 55.6 Å². The van der Waals surface area contributed by atoms with E-state index in [4.69, 9.17) is 0 Å². The highest BCUT2D eigenvalue weighted by atomic mass is 32.2. The summed E-state index contributed by atoms with van der Waals surface area (Å²) in [5, 5.41) is 15.0. The molecule has 1 atom stereocenters. The molecule has 0 aliphatic heterocycles. The molecule has 0 saturated carbocycles. The first kappa shape index (κ1) is 13.0. The molecule has 0 fully saturated rings. The molecule has 0 radical (unpaired) electrons. The van der Waals surface area contributed by atoms with Crippen LogP contribution in [-0.2, 0) is 7.05 Å². The van der Waals surface area contributed by atoms with Gasteiger partial charge in [0.2, 0.25) is 5.16 Å². The van der Waals surface area contributed by atoms with E-state index in [0.29, 0.717) is 5.16 Å². The molecule has 0 saturated heterocycles. The summed E-state index contributed by atoms with van der Waals surface area (Å²) in [4.78, 5) is 0.941. The van der Waals surface area contributed by atoms with Gasteiger partial charge in [-0.1, -0.05) is 0 Å². The van der Waals surface area contributed by atoms with E-state index >= 15 is 0 Å². The Hall–Kier alpha value is -1.47. The lowest BCUT2D eigenvalue weighted by molar-refractivity contribution is 0.601. The van der Waals surface area contributed by atoms with Crippen LogP contribution in [0.15, 0.2) is 28.3 Å². The van der Waals surface area contributed by atoms with Gasteiger partial charge in [0.1, 0.15) is 5.82 Å². The predicted octanol–water partition coefficient (Wildman–Crippen LogP) is 1.78. The van der Waals surface area contributed by atoms with Crippen molar-refractivity contribution in [1.82, 2.24) is 25.5 Å². The van der Waals surface area contributed by atoms with Crippen LogP contribution < -0.4 is 5.32 Å². The van der Waals surface area contributed by atoms with Gasteiger partial charge in [-0.05, 0) is 59.9 Å². The van der Waals surface area contributed by atoms with Crippen LogP contribution in [0.4, 0.5) is 4.39 Å². The number of halogens is 1. The van der Waals surface area contributed by atoms with Gasteiger partial charge in [-0.25, -0.2) is 9.07 Å². The van der Waals surface area contributed by atoms with Crippen LogP contribution in [-0.4, -0.2) is 27.3 Å². The molecule has 0 amide bonds. The quantitative estimate of drug-likeness (QED) is 0.915. The van der Waals surface area contributed by atoms with Gasteiger partial charge in [0.15, 0.2) is 0 Å². The van der Waals surface area contributed by atoms with Gasteiger partial charge in [-0.15, -0.1) is 5.10 Å². The van der Waals surface area contributed by atoms with Crippen molar-refractivity contribution in [1.29, 1.82) is 0 Å². The highest BCUT2D eigenvalue weighted by molar-refractivity contribution is 7.99. The third kappa shape index (κ3) is 2.68. The Morgan fingerprint density at radius 2 is 2.22 bits per heavy atom. The largest absolute Gasteiger partial charge is 0.313 e. The van der Waals surface area contributed by atoms with Crippen molar-refractivity contribution in [3.63, 3.8) is 0 Å². The third-order valence-electron chi connectivity index (χ3n) is 2.65. The molecule has 18 heavy (non-hydrogen) atoms. The summed E-state index contributed by atoms with van der Waals surface area (Å²) in [6.45, 7) is 1.98. The van der Waals surface area contributed by atoms with E-state index in [2.05, 4.69) is 20.8 Å². The van der Waals surface area contributed by atoms with E-state index < -0.39 is 0 Å². The number of nitrogens with one attached hydrogen (secondary N) is 1. The minimum atomic E-state index is -0.243. The molecule has 0 spiro atoms. The molecule has 1 N–H and O–H groups in total. The summed E-state index contributed by atoms with van der Waals surface area (Å²) in [5.74, 6) is -0.243. The maximum Gasteiger partial charge on any atom is 0.213 e. The highest BCUT2D eigenvalue weighted by Gasteiger charge is 2.13. The number of aromatic nitrogens is 4. The maximum absolute atomic E-state index is 13.3. The van der Waals surface area contributed by atoms with Gasteiger partial charge >= 0.3 is 0 Å². The summed E-state index contributed by atoms with van der Waals surface area (Å²) >= 11 is 1.42. The Labute approximate surface area is 109 Å². The van der Waals surface area contributed by atoms with Crippen LogP contribution in [0.3, 0.4) is 0 Å². The first-order valence-corrected chi connectivity index (χ1v) is 6.30. The first-order valence-electron chi connectivity index (χ1n) is 5.48. The number of hydrogen-bond acceptors (Lipinski definition) is 5. The van der Waals surface area contributed by atoms with Crippen molar-refractivity contribution in [2.45, 2.75) is 23.0 Å². The summed E-state index contributed by atoms with van der Waals surface area (Å²) in [7, 11) is 3.61. The molecule has 1 unspecified atom stereocenters. The summed E-state index contributed by atoms with van der Waals surface area (Å²) in [6, 6.07) is 4.78. The van der Waals surface area contributed by atoms with Crippen molar-refractivity contribution in [3.05, 3.63) is 29.6 Å². The number of hydrogen-bond donors (Lipinski definition) is 1. The van der Waals surface area contributed by atoms with Crippen LogP contribution in [0.2, 0.25) is 0 Å². The van der Waals surface area contributed by atoms with Crippen molar-refractivity contribution in [2.24, 2.45) is 7.05 Å². The molecule has 96 valence electrons. The Morgan fingerprint density at radius 3 is 2.83 bits per heavy atom. The van der Waals surface area contributed by atoms with Crippen molar-refractivity contribution in [2.75, 3.05) is 7.05 Å². The second-order valence-corrected chi connectivity index (χ2v) is 4.89. The number of nitrogens with zero attached hydrogens (tertiary/aromatic N) is 4. The second kappa shape index (κ2) is 5.45. The molecule has 7 heteroatoms. The number of tetrazole rings is 1. The number of aryl methyl sites for hydroxylation is 1. The first-order chi connectivity index (χ1) is 8.61. The zero-order valence-electron chi connectivity index (χ0n) is 10.4. The van der Waals surface area contributed by atoms with E-state index in [1.54, 1.807) is 17.8 Å². The Balaban J connectivity index is 2.35. The van der Waals surface area contributed by atoms with Gasteiger partial charge in [0.25, 0.3) is 0 Å². The van der Waals surface area contributed by atoms with Gasteiger partial charge < -0.3 is 5.32 Å². The summed E-state index contributed by atoms with van der Waals surface area (Å²) in [6.07, 6.45) is 0. The van der Waals surface area contributed by atoms with Gasteiger partial charge in [-0.2, -0.15) is 0 Å². The van der Waals surface area contributed by atoms with Crippen molar-refractivity contribution < 1.29 is 4.39 Å². The maximum atomic E-state index is 13.3. The molecule has 1 aromatic carbocycles. The monoisotopic (exact) mass is 267 g/mol. The fraction of sp³-hybridized carbons (Fsp3) is 0.364. The highest BCUT2D eigenvalue weighted by Crippen LogP contribution is 2.32. The van der Waals surface area contributed by atoms with E-state index in [9.17, 15) is 4.39 Å². The zero-order valence-corrected chi connectivity index (χ0v) is 11.2. The molecule has 0 aliphatic carbocycles. The average Bonchev–Trinajstić information content (AvgIpc) is 2.76. The van der Waals surface area contributed by atoms with E-state index in [1.165, 1.54) is 23.9 Å². The Bertz CT molecular complexity index is 542. The number of rotatable bonds is 4. The molecule has 1 heterocycles. The predicted molar refractivity (Wildman–Crippen MR) is 66.8 cm³/mol. The standard InChI is InChI=1S/C11H14FN5S/c1-7(13-2)9-6-8(12)4-5-10(9)18-11-14-15-16-17(11)3/h4-7,13H,1-3H3. The van der Waals surface area contributed by atoms with Gasteiger partial charge in [0, 0.05) is 18.0 Å². The average molecular weight is 267 g/mol. The van der Waals surface area contributed by atoms with E-state index in [1.807, 2.05) is 14.0 Å². The number of benzene rings is 1. The zero-order chi connectivity index (χ0) is 13.1. The molecule has 1 aromatic heterocycles. The molecule has 2 rings (SSSR count). The molecule has 0 bridgehead atoms. The molecule has 5 nitrogen and oxygen atoms in total. The lowest BCUT2D eigenvalue weighted by atomic mass is 10.1. The molecule has 2 aromatic rings. The lowest BCUT2D eigenvalue weighted by Gasteiger charge is -2.15. The molecular formula is C11H14FN5S. The SMILES string of the molecule is CNC(C)c1cc(F)ccc1Sc1nnnn1C. The Morgan fingerprint density at radius 1 is 1.44 bits per heavy atom. The van der Waals surface area contributed by atoms with Crippen LogP contribution in [0.5, 0.6) is 0 Å².